The summed E-state index contributed by atoms with van der Waals surface area (Å²) in [5.41, 5.74) is 5.26. The maximum Gasteiger partial charge on any atom is 1.00 e. The Bertz CT molecular complexity index is 1380. The molecule has 0 bridgehead atoms. The summed E-state index contributed by atoms with van der Waals surface area (Å²) in [5, 5.41) is 19.6. The van der Waals surface area contributed by atoms with Crippen LogP contribution in [0.3, 0.4) is 0 Å². The zero-order valence-corrected chi connectivity index (χ0v) is 25.9. The number of aromatic nitrogens is 1. The molecule has 4 aliphatic rings. The maximum absolute atomic E-state index is 13.2. The number of hydrogen-bond acceptors (Lipinski definition) is 11. The van der Waals surface area contributed by atoms with Crippen LogP contribution in [0, 0.1) is 0 Å². The van der Waals surface area contributed by atoms with Gasteiger partial charge < -0.3 is 30.7 Å². The second-order valence-electron chi connectivity index (χ2n) is 9.81. The molecular formula is C24H24F3N6NaO6S2. The van der Waals surface area contributed by atoms with Gasteiger partial charge in [0, 0.05) is 23.3 Å². The summed E-state index contributed by atoms with van der Waals surface area (Å²) in [4.78, 5) is 62.0. The summed E-state index contributed by atoms with van der Waals surface area (Å²) in [7, 11) is 0. The molecule has 1 saturated carbocycles. The molecule has 220 valence electrons. The second-order valence-corrected chi connectivity index (χ2v) is 11.8. The van der Waals surface area contributed by atoms with Crippen LogP contribution >= 0.6 is 23.1 Å². The van der Waals surface area contributed by atoms with E-state index in [4.69, 9.17) is 10.6 Å². The number of thiazole rings is 1. The molecule has 5 rings (SSSR count). The minimum atomic E-state index is -4.57. The van der Waals surface area contributed by atoms with E-state index in [1.54, 1.807) is 0 Å². The molecule has 4 heterocycles. The van der Waals surface area contributed by atoms with Crippen molar-refractivity contribution in [3.8, 4) is 0 Å². The number of nitrogens with one attached hydrogen (secondary N) is 1. The van der Waals surface area contributed by atoms with Crippen molar-refractivity contribution in [1.29, 1.82) is 0 Å². The second kappa shape index (κ2) is 13.0. The minimum absolute atomic E-state index is 0. The molecule has 3 fully saturated rings. The van der Waals surface area contributed by atoms with Crippen molar-refractivity contribution in [2.75, 3.05) is 24.6 Å². The topological polar surface area (TPSA) is 170 Å². The van der Waals surface area contributed by atoms with Crippen molar-refractivity contribution in [2.24, 2.45) is 5.16 Å². The van der Waals surface area contributed by atoms with Crippen molar-refractivity contribution in [3.63, 3.8) is 0 Å². The first-order chi connectivity index (χ1) is 19.4. The fraction of sp³-hybridized carbons (Fsp3) is 0.500. The number of β-lactam (4-membered cyclic amide) rings is 1. The number of aliphatic carboxylic acids is 1. The number of oxime groups is 1. The maximum atomic E-state index is 13.2. The molecule has 1 aliphatic carbocycles. The Morgan fingerprint density at radius 2 is 2.00 bits per heavy atom. The van der Waals surface area contributed by atoms with E-state index in [9.17, 15) is 37.5 Å². The number of likely N-dealkylation sites (tertiary alicyclic amines) is 1. The number of hydrogen-bond donors (Lipinski definition) is 2. The van der Waals surface area contributed by atoms with Gasteiger partial charge in [-0.2, -0.15) is 13.2 Å². The predicted octanol–water partition coefficient (Wildman–Crippen LogP) is -2.48. The Hall–Kier alpha value is -2.60. The molecule has 12 nitrogen and oxygen atoms in total. The van der Waals surface area contributed by atoms with E-state index in [2.05, 4.69) is 15.5 Å². The van der Waals surface area contributed by atoms with Gasteiger partial charge in [-0.15, -0.1) is 23.1 Å². The van der Waals surface area contributed by atoms with E-state index >= 15 is 0 Å². The van der Waals surface area contributed by atoms with E-state index in [1.165, 1.54) is 11.5 Å². The third-order valence-corrected chi connectivity index (χ3v) is 8.96. The summed E-state index contributed by atoms with van der Waals surface area (Å²) in [5.74, 6) is -4.04. The molecule has 18 heteroatoms. The Balaban J connectivity index is 0.00000405. The number of nitrogen functional groups attached to an aromatic ring is 1. The van der Waals surface area contributed by atoms with Crippen LogP contribution in [0.5, 0.6) is 0 Å². The van der Waals surface area contributed by atoms with Crippen LogP contribution in [-0.4, -0.2) is 86.7 Å². The first-order valence-corrected chi connectivity index (χ1v) is 14.6. The van der Waals surface area contributed by atoms with Gasteiger partial charge in [0.2, 0.25) is 5.91 Å². The van der Waals surface area contributed by atoms with Gasteiger partial charge in [-0.1, -0.05) is 5.16 Å². The first-order valence-electron chi connectivity index (χ1n) is 12.6. The van der Waals surface area contributed by atoms with Crippen molar-refractivity contribution in [3.05, 3.63) is 34.0 Å². The number of rotatable bonds is 8. The van der Waals surface area contributed by atoms with E-state index in [0.29, 0.717) is 4.90 Å². The molecule has 1 aromatic rings. The normalized spacial score (nSPS) is 24.1. The van der Waals surface area contributed by atoms with Crippen molar-refractivity contribution in [1.82, 2.24) is 20.1 Å². The van der Waals surface area contributed by atoms with E-state index in [-0.39, 0.29) is 82.1 Å². The van der Waals surface area contributed by atoms with Gasteiger partial charge in [0.15, 0.2) is 10.8 Å². The first kappa shape index (κ1) is 32.3. The molecule has 2 saturated heterocycles. The van der Waals surface area contributed by atoms with Crippen LogP contribution in [0.2, 0.25) is 0 Å². The van der Waals surface area contributed by atoms with Gasteiger partial charge in [0.25, 0.3) is 11.8 Å². The van der Waals surface area contributed by atoms with Gasteiger partial charge in [0.1, 0.15) is 29.8 Å². The number of allylic oxidation sites excluding steroid dienone is 1. The van der Waals surface area contributed by atoms with E-state index < -0.39 is 53.5 Å². The third-order valence-electron chi connectivity index (χ3n) is 6.98. The number of carbonyl (C=O) groups is 4. The van der Waals surface area contributed by atoms with Crippen LogP contribution in [0.15, 0.2) is 33.5 Å². The van der Waals surface area contributed by atoms with Crippen LogP contribution < -0.4 is 45.7 Å². The molecule has 3 N–H and O–H groups in total. The number of nitrogens with zero attached hydrogens (tertiary/aromatic N) is 4. The number of carbonyl (C=O) groups excluding carboxylic acids is 4. The summed E-state index contributed by atoms with van der Waals surface area (Å²) >= 11 is 2.21. The van der Waals surface area contributed by atoms with Crippen LogP contribution in [0.4, 0.5) is 18.3 Å². The van der Waals surface area contributed by atoms with Gasteiger partial charge in [-0.05, 0) is 43.8 Å². The predicted molar refractivity (Wildman–Crippen MR) is 139 cm³/mol. The number of amides is 3. The van der Waals surface area contributed by atoms with Gasteiger partial charge >= 0.3 is 35.7 Å². The Morgan fingerprint density at radius 3 is 2.62 bits per heavy atom. The zero-order valence-electron chi connectivity index (χ0n) is 22.3. The molecule has 3 aliphatic heterocycles. The molecule has 0 aromatic carbocycles. The van der Waals surface area contributed by atoms with E-state index in [1.807, 2.05) is 0 Å². The standard InChI is InChI=1S/C24H25F3N6O6S2.Na/c25-24(26,27)10-32-6-5-11(19(32)35)7-12-8-40-21-16(20(36)33(21)17(12)22(37)38)30-18(34)15(14-9-41-23(28)29-14)31-39-13-3-1-2-4-13;/h7,9,13,16,21H,1-6,8,10H2,(H2,28,29)(H,30,34)(H,37,38);/q;+1/p-1/b11-7+,31-15-;/t16-,21-;/m1./s1. The third kappa shape index (κ3) is 6.79. The van der Waals surface area contributed by atoms with Gasteiger partial charge in [0.05, 0.1) is 11.7 Å². The molecule has 42 heavy (non-hydrogen) atoms. The van der Waals surface area contributed by atoms with Crippen LogP contribution in [0.1, 0.15) is 37.8 Å². The number of fused-ring (bicyclic) bond motifs is 1. The Labute approximate surface area is 267 Å². The average molecular weight is 637 g/mol. The fourth-order valence-electron chi connectivity index (χ4n) is 5.05. The molecule has 0 radical (unpaired) electrons. The SMILES string of the molecule is Nc1nc(/C(=N/OC2CCCC2)C(=O)N[C@@H]2C(=O)N3C(C(=O)[O-])=C(/C=C4\CCN(CC(F)(F)F)C4=O)CS[C@H]23)cs1.[Na+]. The number of nitrogens with two attached hydrogens (primary N) is 1. The van der Waals surface area contributed by atoms with Gasteiger partial charge in [-0.25, -0.2) is 4.98 Å². The van der Waals surface area contributed by atoms with Gasteiger partial charge in [-0.3, -0.25) is 19.3 Å². The number of halogens is 3. The molecule has 3 amide bonds. The van der Waals surface area contributed by atoms with Crippen molar-refractivity contribution < 1.29 is 71.9 Å². The van der Waals surface area contributed by atoms with Crippen LogP contribution in [-0.2, 0) is 24.0 Å². The molecule has 1 aromatic heterocycles. The smallest absolute Gasteiger partial charge is 0.543 e. The van der Waals surface area contributed by atoms with E-state index in [0.717, 1.165) is 53.7 Å². The quantitative estimate of drug-likeness (QED) is 0.103. The van der Waals surface area contributed by atoms with Crippen molar-refractivity contribution in [2.45, 2.75) is 55.8 Å². The van der Waals surface area contributed by atoms with Crippen molar-refractivity contribution >= 4 is 57.6 Å². The summed E-state index contributed by atoms with van der Waals surface area (Å²) in [6.07, 6.45) is 0.00359. The Morgan fingerprint density at radius 1 is 1.29 bits per heavy atom. The monoisotopic (exact) mass is 636 g/mol. The van der Waals surface area contributed by atoms with Crippen LogP contribution in [0.25, 0.3) is 0 Å². The molecule has 0 spiro atoms. The Kier molecular flexibility index (Phi) is 9.97. The number of carboxylic acids is 1. The largest absolute Gasteiger partial charge is 1.00 e. The number of alkyl halides is 3. The zero-order chi connectivity index (χ0) is 29.5. The summed E-state index contributed by atoms with van der Waals surface area (Å²) < 4.78 is 38.3. The number of carboxylic acid groups (broad SMARTS) is 1. The molecular weight excluding hydrogens is 612 g/mol. The molecule has 0 unspecified atom stereocenters. The number of anilines is 1. The average Bonchev–Trinajstić information content (AvgIpc) is 3.65. The number of thioether (sulfide) groups is 1. The molecule has 2 atom stereocenters. The minimum Gasteiger partial charge on any atom is -0.543 e. The summed E-state index contributed by atoms with van der Waals surface area (Å²) in [6, 6.07) is -1.11. The fourth-order valence-corrected chi connectivity index (χ4v) is 6.91. The summed E-state index contributed by atoms with van der Waals surface area (Å²) in [6.45, 7) is -1.58.